The number of piperidine rings is 1. The van der Waals surface area contributed by atoms with Gasteiger partial charge in [0.15, 0.2) is 0 Å². The van der Waals surface area contributed by atoms with Crippen LogP contribution in [-0.4, -0.2) is 72.1 Å². The van der Waals surface area contributed by atoms with Gasteiger partial charge in [-0.3, -0.25) is 9.59 Å². The highest BCUT2D eigenvalue weighted by Gasteiger charge is 2.41. The molecule has 2 aromatic rings. The zero-order chi connectivity index (χ0) is 24.7. The summed E-state index contributed by atoms with van der Waals surface area (Å²) in [5.41, 5.74) is 3.97. The van der Waals surface area contributed by atoms with Crippen LogP contribution < -0.4 is 10.1 Å². The molecule has 2 atom stereocenters. The third-order valence-electron chi connectivity index (χ3n) is 8.54. The maximum atomic E-state index is 13.6. The van der Waals surface area contributed by atoms with Gasteiger partial charge >= 0.3 is 0 Å². The number of benzene rings is 2. The largest absolute Gasteiger partial charge is 0.493 e. The highest BCUT2D eigenvalue weighted by molar-refractivity contribution is 6.00. The highest BCUT2D eigenvalue weighted by atomic mass is 16.5. The number of carbonyl (C=O) groups excluding carboxylic acids is 2. The molecule has 7 nitrogen and oxygen atoms in total. The van der Waals surface area contributed by atoms with Gasteiger partial charge in [-0.05, 0) is 68.4 Å². The second kappa shape index (κ2) is 9.52. The Morgan fingerprint density at radius 1 is 1.03 bits per heavy atom. The molecule has 3 saturated heterocycles. The van der Waals surface area contributed by atoms with Crippen molar-refractivity contribution in [2.75, 3.05) is 32.9 Å². The zero-order valence-electron chi connectivity index (χ0n) is 21.0. The van der Waals surface area contributed by atoms with Gasteiger partial charge in [0.05, 0.1) is 37.5 Å². The lowest BCUT2D eigenvalue weighted by atomic mass is 9.78. The Morgan fingerprint density at radius 3 is 2.47 bits per heavy atom. The summed E-state index contributed by atoms with van der Waals surface area (Å²) in [6, 6.07) is 14.3. The summed E-state index contributed by atoms with van der Waals surface area (Å²) in [6.07, 6.45) is 4.83. The first kappa shape index (κ1) is 23.5. The first-order chi connectivity index (χ1) is 17.6. The molecule has 4 aliphatic heterocycles. The van der Waals surface area contributed by atoms with E-state index in [2.05, 4.69) is 29.6 Å². The number of ether oxygens (including phenoxy) is 2. The molecule has 0 radical (unpaired) electrons. The van der Waals surface area contributed by atoms with Crippen molar-refractivity contribution < 1.29 is 19.1 Å². The number of hydrogen-bond acceptors (Lipinski definition) is 5. The lowest BCUT2D eigenvalue weighted by Crippen LogP contribution is -2.57. The molecule has 1 N–H and O–H groups in total. The molecule has 2 bridgehead atoms. The fourth-order valence-corrected chi connectivity index (χ4v) is 6.49. The summed E-state index contributed by atoms with van der Waals surface area (Å²) >= 11 is 0. The van der Waals surface area contributed by atoms with E-state index in [9.17, 15) is 9.59 Å². The van der Waals surface area contributed by atoms with Crippen molar-refractivity contribution in [3.05, 3.63) is 64.7 Å². The van der Waals surface area contributed by atoms with Crippen molar-refractivity contribution in [1.29, 1.82) is 0 Å². The Labute approximate surface area is 212 Å². The van der Waals surface area contributed by atoms with Crippen LogP contribution in [0, 0.1) is 0 Å². The third-order valence-corrected chi connectivity index (χ3v) is 8.54. The normalized spacial score (nSPS) is 24.5. The number of fused-ring (bicyclic) bond motifs is 3. The van der Waals surface area contributed by atoms with Gasteiger partial charge in [-0.15, -0.1) is 0 Å². The van der Waals surface area contributed by atoms with Crippen LogP contribution in [0.2, 0.25) is 0 Å². The predicted molar refractivity (Wildman–Crippen MR) is 136 cm³/mol. The zero-order valence-corrected chi connectivity index (χ0v) is 21.0. The number of nitrogens with one attached hydrogen (secondary N) is 1. The van der Waals surface area contributed by atoms with E-state index in [1.54, 1.807) is 18.2 Å². The molecule has 0 aromatic heterocycles. The van der Waals surface area contributed by atoms with Gasteiger partial charge in [0, 0.05) is 30.7 Å². The van der Waals surface area contributed by atoms with Crippen LogP contribution in [0.25, 0.3) is 0 Å². The Kier molecular flexibility index (Phi) is 6.21. The minimum atomic E-state index is -0.0186. The summed E-state index contributed by atoms with van der Waals surface area (Å²) in [5, 5.41) is 3.77. The molecule has 0 aliphatic carbocycles. The van der Waals surface area contributed by atoms with Crippen LogP contribution in [0.15, 0.2) is 42.5 Å². The fraction of sp³-hybridized carbons (Fsp3) is 0.517. The molecule has 2 aromatic carbocycles. The third kappa shape index (κ3) is 4.18. The van der Waals surface area contributed by atoms with Gasteiger partial charge in [-0.2, -0.15) is 0 Å². The number of rotatable bonds is 4. The Balaban J connectivity index is 1.17. The van der Waals surface area contributed by atoms with Crippen molar-refractivity contribution in [3.63, 3.8) is 0 Å². The number of morpholine rings is 1. The van der Waals surface area contributed by atoms with E-state index in [-0.39, 0.29) is 29.4 Å². The first-order valence-corrected chi connectivity index (χ1v) is 13.4. The van der Waals surface area contributed by atoms with Crippen LogP contribution >= 0.6 is 0 Å². The summed E-state index contributed by atoms with van der Waals surface area (Å²) in [7, 11) is 0. The van der Waals surface area contributed by atoms with Gasteiger partial charge in [0.1, 0.15) is 5.75 Å². The SMILES string of the molecule is CCOc1cc(C(=O)N2C3CCC2COC3)ccc1C(=O)N1CCC2(CC1)Cc1ccccc1CN2. The van der Waals surface area contributed by atoms with E-state index in [1.165, 1.54) is 11.1 Å². The number of hydrogen-bond donors (Lipinski definition) is 1. The summed E-state index contributed by atoms with van der Waals surface area (Å²) < 4.78 is 11.5. The van der Waals surface area contributed by atoms with Gasteiger partial charge in [-0.1, -0.05) is 24.3 Å². The highest BCUT2D eigenvalue weighted by Crippen LogP contribution is 2.34. The molecule has 2 amide bonds. The lowest BCUT2D eigenvalue weighted by Gasteiger charge is -2.45. The number of likely N-dealkylation sites (tertiary alicyclic amines) is 1. The van der Waals surface area contributed by atoms with E-state index < -0.39 is 0 Å². The van der Waals surface area contributed by atoms with E-state index in [0.717, 1.165) is 38.6 Å². The van der Waals surface area contributed by atoms with Crippen LogP contribution in [0.5, 0.6) is 5.75 Å². The van der Waals surface area contributed by atoms with Gasteiger partial charge < -0.3 is 24.6 Å². The van der Waals surface area contributed by atoms with Crippen LogP contribution in [-0.2, 0) is 17.7 Å². The van der Waals surface area contributed by atoms with Crippen molar-refractivity contribution in [3.8, 4) is 5.75 Å². The Bertz CT molecular complexity index is 1140. The van der Waals surface area contributed by atoms with E-state index >= 15 is 0 Å². The monoisotopic (exact) mass is 489 g/mol. The average Bonchev–Trinajstić information content (AvgIpc) is 3.16. The lowest BCUT2D eigenvalue weighted by molar-refractivity contribution is -0.00718. The molecular weight excluding hydrogens is 454 g/mol. The smallest absolute Gasteiger partial charge is 0.257 e. The van der Waals surface area contributed by atoms with Crippen molar-refractivity contribution in [2.45, 2.75) is 63.2 Å². The topological polar surface area (TPSA) is 71.1 Å². The number of carbonyl (C=O) groups is 2. The van der Waals surface area contributed by atoms with Crippen molar-refractivity contribution >= 4 is 11.8 Å². The molecule has 1 spiro atoms. The fourth-order valence-electron chi connectivity index (χ4n) is 6.49. The standard InChI is InChI=1S/C29H35N3O4/c1-2-36-26-15-20(27(33)32-23-8-9-24(32)19-35-18-23)7-10-25(26)28(34)31-13-11-29(12-14-31)16-21-5-3-4-6-22(21)17-30-29/h3-7,10,15,23-24,30H,2,8-9,11-14,16-19H2,1H3. The molecular formula is C29H35N3O4. The van der Waals surface area contributed by atoms with Crippen molar-refractivity contribution in [1.82, 2.24) is 15.1 Å². The summed E-state index contributed by atoms with van der Waals surface area (Å²) in [6.45, 7) is 5.85. The van der Waals surface area contributed by atoms with Crippen molar-refractivity contribution in [2.24, 2.45) is 0 Å². The molecule has 6 rings (SSSR count). The minimum Gasteiger partial charge on any atom is -0.493 e. The molecule has 7 heteroatoms. The molecule has 0 saturated carbocycles. The quantitative estimate of drug-likeness (QED) is 0.713. The second-order valence-corrected chi connectivity index (χ2v) is 10.7. The van der Waals surface area contributed by atoms with Crippen LogP contribution in [0.3, 0.4) is 0 Å². The maximum Gasteiger partial charge on any atom is 0.257 e. The van der Waals surface area contributed by atoms with Gasteiger partial charge in [-0.25, -0.2) is 0 Å². The summed E-state index contributed by atoms with van der Waals surface area (Å²) in [5.74, 6) is 0.489. The number of amides is 2. The number of nitrogens with zero attached hydrogens (tertiary/aromatic N) is 2. The van der Waals surface area contributed by atoms with Gasteiger partial charge in [0.2, 0.25) is 0 Å². The van der Waals surface area contributed by atoms with Crippen LogP contribution in [0.1, 0.15) is 64.4 Å². The molecule has 36 heavy (non-hydrogen) atoms. The maximum absolute atomic E-state index is 13.6. The molecule has 190 valence electrons. The van der Waals surface area contributed by atoms with E-state index in [0.29, 0.717) is 49.8 Å². The Morgan fingerprint density at radius 2 is 1.75 bits per heavy atom. The van der Waals surface area contributed by atoms with E-state index in [4.69, 9.17) is 9.47 Å². The summed E-state index contributed by atoms with van der Waals surface area (Å²) in [4.78, 5) is 30.9. The molecule has 3 fully saturated rings. The Hall–Kier alpha value is -2.90. The average molecular weight is 490 g/mol. The molecule has 2 unspecified atom stereocenters. The second-order valence-electron chi connectivity index (χ2n) is 10.7. The van der Waals surface area contributed by atoms with E-state index in [1.807, 2.05) is 16.7 Å². The first-order valence-electron chi connectivity index (χ1n) is 13.4. The van der Waals surface area contributed by atoms with Gasteiger partial charge in [0.25, 0.3) is 11.8 Å². The van der Waals surface area contributed by atoms with Crippen LogP contribution in [0.4, 0.5) is 0 Å². The molecule has 4 aliphatic rings. The molecule has 4 heterocycles. The predicted octanol–water partition coefficient (Wildman–Crippen LogP) is 3.41. The minimum absolute atomic E-state index is 0.00863.